The van der Waals surface area contributed by atoms with Crippen LogP contribution in [0.4, 0.5) is 16.6 Å². The second-order valence-electron chi connectivity index (χ2n) is 10.8. The zero-order valence-corrected chi connectivity index (χ0v) is 25.8. The first kappa shape index (κ1) is 32.3. The fourth-order valence-electron chi connectivity index (χ4n) is 4.41. The number of unbranched alkanes of at least 4 members (excludes halogenated alkanes) is 1. The molecular formula is C31H43N7O4. The normalized spacial score (nSPS) is 11.3. The lowest BCUT2D eigenvalue weighted by molar-refractivity contribution is -0.114. The summed E-state index contributed by atoms with van der Waals surface area (Å²) in [5, 5.41) is 6.40. The lowest BCUT2D eigenvalue weighted by Gasteiger charge is -2.22. The van der Waals surface area contributed by atoms with Gasteiger partial charge in [0.05, 0.1) is 14.2 Å². The van der Waals surface area contributed by atoms with Crippen molar-refractivity contribution >= 4 is 34.7 Å². The molecule has 1 aromatic carbocycles. The van der Waals surface area contributed by atoms with Crippen molar-refractivity contribution in [1.82, 2.24) is 25.2 Å². The number of hydrogen-bond acceptors (Lipinski definition) is 8. The number of ether oxygens (including phenoxy) is 2. The van der Waals surface area contributed by atoms with E-state index in [2.05, 4.69) is 45.9 Å². The van der Waals surface area contributed by atoms with Gasteiger partial charge in [-0.1, -0.05) is 20.4 Å². The smallest absolute Gasteiger partial charge is 0.320 e. The second-order valence-corrected chi connectivity index (χ2v) is 10.8. The number of carbonyl (C=O) groups excluding carboxylic acids is 2. The third-order valence-corrected chi connectivity index (χ3v) is 6.62. The van der Waals surface area contributed by atoms with Gasteiger partial charge in [0.15, 0.2) is 5.65 Å². The molecule has 0 spiro atoms. The fourth-order valence-corrected chi connectivity index (χ4v) is 4.41. The molecule has 0 fully saturated rings. The number of aromatic nitrogens is 3. The summed E-state index contributed by atoms with van der Waals surface area (Å²) in [5.74, 6) is 1.38. The summed E-state index contributed by atoms with van der Waals surface area (Å²) in [6.07, 6.45) is 4.60. The number of urea groups is 1. The Bertz CT molecular complexity index is 1380. The Morgan fingerprint density at radius 3 is 2.19 bits per heavy atom. The number of carbonyl (C=O) groups is 2. The van der Waals surface area contributed by atoms with E-state index in [1.807, 2.05) is 39.0 Å². The molecule has 226 valence electrons. The number of fused-ring (bicyclic) bond motifs is 1. The Labute approximate surface area is 248 Å². The van der Waals surface area contributed by atoms with E-state index in [9.17, 15) is 9.59 Å². The summed E-state index contributed by atoms with van der Waals surface area (Å²) in [6, 6.07) is 6.85. The van der Waals surface area contributed by atoms with E-state index in [4.69, 9.17) is 14.5 Å². The molecule has 3 aromatic rings. The number of nitrogens with one attached hydrogen (secondary N) is 2. The highest BCUT2D eigenvalue weighted by molar-refractivity contribution is 6.01. The van der Waals surface area contributed by atoms with Gasteiger partial charge in [0.2, 0.25) is 5.95 Å². The summed E-state index contributed by atoms with van der Waals surface area (Å²) in [4.78, 5) is 43.5. The van der Waals surface area contributed by atoms with Crippen molar-refractivity contribution in [2.45, 2.75) is 53.0 Å². The number of anilines is 2. The number of pyridine rings is 1. The van der Waals surface area contributed by atoms with Gasteiger partial charge in [0.25, 0.3) is 5.91 Å². The topological polar surface area (TPSA) is 122 Å². The molecule has 0 bridgehead atoms. The van der Waals surface area contributed by atoms with Gasteiger partial charge < -0.3 is 19.7 Å². The molecule has 2 aromatic heterocycles. The summed E-state index contributed by atoms with van der Waals surface area (Å²) >= 11 is 0. The van der Waals surface area contributed by atoms with Crippen LogP contribution >= 0.6 is 0 Å². The number of nitrogens with zero attached hydrogens (tertiary/aromatic N) is 5. The van der Waals surface area contributed by atoms with Crippen molar-refractivity contribution in [3.05, 3.63) is 43.1 Å². The van der Waals surface area contributed by atoms with E-state index in [1.54, 1.807) is 26.5 Å². The third kappa shape index (κ3) is 8.62. The van der Waals surface area contributed by atoms with Crippen LogP contribution in [0.25, 0.3) is 22.2 Å². The van der Waals surface area contributed by atoms with Crippen LogP contribution < -0.4 is 25.0 Å². The largest absolute Gasteiger partial charge is 0.497 e. The first-order chi connectivity index (χ1) is 20.0. The zero-order valence-electron chi connectivity index (χ0n) is 25.8. The van der Waals surface area contributed by atoms with E-state index in [0.717, 1.165) is 32.5 Å². The Morgan fingerprint density at radius 1 is 0.976 bits per heavy atom. The van der Waals surface area contributed by atoms with Crippen LogP contribution in [-0.4, -0.2) is 77.7 Å². The zero-order chi connectivity index (χ0) is 30.9. The molecule has 0 aliphatic rings. The second kappa shape index (κ2) is 14.6. The van der Waals surface area contributed by atoms with E-state index < -0.39 is 11.6 Å². The summed E-state index contributed by atoms with van der Waals surface area (Å²) < 4.78 is 10.9. The SMILES string of the molecule is C=CC(=O)N(CCCCN(CC)CC)c1ncc2cc(-c3cc(OC)cc(OC)c3)c(NC(=O)NC(C)(C)C)nc2n1. The van der Waals surface area contributed by atoms with Gasteiger partial charge in [-0.15, -0.1) is 0 Å². The molecular weight excluding hydrogens is 534 g/mol. The van der Waals surface area contributed by atoms with Crippen LogP contribution in [-0.2, 0) is 4.79 Å². The number of amides is 3. The lowest BCUT2D eigenvalue weighted by atomic mass is 10.0. The highest BCUT2D eigenvalue weighted by Gasteiger charge is 2.21. The monoisotopic (exact) mass is 577 g/mol. The number of benzene rings is 1. The summed E-state index contributed by atoms with van der Waals surface area (Å²) in [5.41, 5.74) is 1.20. The van der Waals surface area contributed by atoms with Crippen molar-refractivity contribution in [2.24, 2.45) is 0 Å². The number of rotatable bonds is 13. The van der Waals surface area contributed by atoms with Gasteiger partial charge in [0, 0.05) is 35.3 Å². The molecule has 11 heteroatoms. The molecule has 0 saturated heterocycles. The maximum absolute atomic E-state index is 12.9. The van der Waals surface area contributed by atoms with Crippen molar-refractivity contribution in [3.63, 3.8) is 0 Å². The molecule has 0 unspecified atom stereocenters. The van der Waals surface area contributed by atoms with Crippen molar-refractivity contribution in [3.8, 4) is 22.6 Å². The minimum absolute atomic E-state index is 0.226. The van der Waals surface area contributed by atoms with Crippen LogP contribution in [0.15, 0.2) is 43.1 Å². The number of hydrogen-bond donors (Lipinski definition) is 2. The maximum Gasteiger partial charge on any atom is 0.320 e. The fraction of sp³-hybridized carbons (Fsp3) is 0.452. The quantitative estimate of drug-likeness (QED) is 0.208. The molecule has 0 aliphatic heterocycles. The predicted molar refractivity (Wildman–Crippen MR) is 167 cm³/mol. The van der Waals surface area contributed by atoms with Gasteiger partial charge in [-0.3, -0.25) is 15.0 Å². The Hall–Kier alpha value is -4.25. The van der Waals surface area contributed by atoms with Crippen LogP contribution in [0.2, 0.25) is 0 Å². The van der Waals surface area contributed by atoms with E-state index in [0.29, 0.717) is 40.2 Å². The Morgan fingerprint density at radius 2 is 1.62 bits per heavy atom. The minimum atomic E-state index is -0.466. The first-order valence-corrected chi connectivity index (χ1v) is 14.2. The maximum atomic E-state index is 12.9. The molecule has 0 saturated carbocycles. The van der Waals surface area contributed by atoms with Crippen molar-refractivity contribution in [1.29, 1.82) is 0 Å². The number of methoxy groups -OCH3 is 2. The van der Waals surface area contributed by atoms with E-state index in [-0.39, 0.29) is 17.7 Å². The molecule has 0 radical (unpaired) electrons. The van der Waals surface area contributed by atoms with Crippen molar-refractivity contribution < 1.29 is 19.1 Å². The predicted octanol–water partition coefficient (Wildman–Crippen LogP) is 5.27. The van der Waals surface area contributed by atoms with Gasteiger partial charge in [-0.05, 0) is 83.1 Å². The molecule has 2 N–H and O–H groups in total. The van der Waals surface area contributed by atoms with Gasteiger partial charge >= 0.3 is 6.03 Å². The first-order valence-electron chi connectivity index (χ1n) is 14.2. The molecule has 3 amide bonds. The average molecular weight is 578 g/mol. The van der Waals surface area contributed by atoms with Crippen LogP contribution in [0.5, 0.6) is 11.5 Å². The van der Waals surface area contributed by atoms with Gasteiger partial charge in [-0.2, -0.15) is 4.98 Å². The summed E-state index contributed by atoms with van der Waals surface area (Å²) in [6.45, 7) is 17.0. The Balaban J connectivity index is 2.05. The Kier molecular flexibility index (Phi) is 11.2. The highest BCUT2D eigenvalue weighted by atomic mass is 16.5. The molecule has 0 aliphatic carbocycles. The van der Waals surface area contributed by atoms with Crippen LogP contribution in [0, 0.1) is 0 Å². The molecule has 42 heavy (non-hydrogen) atoms. The summed E-state index contributed by atoms with van der Waals surface area (Å²) in [7, 11) is 3.14. The van der Waals surface area contributed by atoms with Gasteiger partial charge in [0.1, 0.15) is 17.3 Å². The van der Waals surface area contributed by atoms with E-state index in [1.165, 1.54) is 11.0 Å². The highest BCUT2D eigenvalue weighted by Crippen LogP contribution is 2.35. The molecule has 0 atom stereocenters. The van der Waals surface area contributed by atoms with E-state index >= 15 is 0 Å². The molecule has 3 rings (SSSR count). The standard InChI is InChI=1S/C31H43N7O4/c1-9-26(39)38(15-13-12-14-37(10-2)11-3)29-32-20-22-18-25(21-16-23(41-7)19-24(17-21)42-8)28(33-27(22)34-29)35-30(40)36-31(4,5)6/h9,16-20H,1,10-15H2,2-8H3,(H2,32,33,34,35,36,40). The minimum Gasteiger partial charge on any atom is -0.497 e. The average Bonchev–Trinajstić information content (AvgIpc) is 2.96. The lowest BCUT2D eigenvalue weighted by Crippen LogP contribution is -2.43. The van der Waals surface area contributed by atoms with Gasteiger partial charge in [-0.25, -0.2) is 14.8 Å². The van der Waals surface area contributed by atoms with Crippen molar-refractivity contribution in [2.75, 3.05) is 50.6 Å². The molecule has 2 heterocycles. The van der Waals surface area contributed by atoms with Crippen LogP contribution in [0.3, 0.4) is 0 Å². The third-order valence-electron chi connectivity index (χ3n) is 6.62. The van der Waals surface area contributed by atoms with Crippen LogP contribution in [0.1, 0.15) is 47.5 Å². The molecule has 11 nitrogen and oxygen atoms in total.